The summed E-state index contributed by atoms with van der Waals surface area (Å²) in [5.41, 5.74) is 2.43. The molecule has 0 amide bonds. The Morgan fingerprint density at radius 3 is 2.93 bits per heavy atom. The fraction of sp³-hybridized carbons (Fsp3) is 0.333. The van der Waals surface area contributed by atoms with Gasteiger partial charge in [0, 0.05) is 24.2 Å². The summed E-state index contributed by atoms with van der Waals surface area (Å²) >= 11 is 0. The van der Waals surface area contributed by atoms with Gasteiger partial charge in [0.25, 0.3) is 0 Å². The van der Waals surface area contributed by atoms with Crippen LogP contribution in [0.25, 0.3) is 10.9 Å². The molecule has 2 N–H and O–H groups in total. The molecule has 0 saturated carbocycles. The number of aromatic amines is 1. The number of nitrogens with one attached hydrogen (secondary N) is 2. The number of aromatic nitrogens is 1. The van der Waals surface area contributed by atoms with Crippen molar-refractivity contribution in [2.24, 2.45) is 0 Å². The van der Waals surface area contributed by atoms with Crippen molar-refractivity contribution in [3.63, 3.8) is 0 Å². The van der Waals surface area contributed by atoms with Gasteiger partial charge in [-0.25, -0.2) is 0 Å². The molecular formula is C12H16N2O. The highest BCUT2D eigenvalue weighted by atomic mass is 16.5. The van der Waals surface area contributed by atoms with Crippen LogP contribution in [-0.4, -0.2) is 25.7 Å². The minimum atomic E-state index is 0.242. The van der Waals surface area contributed by atoms with Gasteiger partial charge in [0.15, 0.2) is 0 Å². The van der Waals surface area contributed by atoms with Crippen LogP contribution in [0.4, 0.5) is 0 Å². The Hall–Kier alpha value is -1.32. The summed E-state index contributed by atoms with van der Waals surface area (Å²) in [6.07, 6.45) is 2.05. The maximum Gasteiger partial charge on any atom is 0.0658 e. The molecule has 3 heteroatoms. The highest BCUT2D eigenvalue weighted by Crippen LogP contribution is 2.23. The standard InChI is InChI=1S/C12H16N2O/c1-13-12(8-15-2)10-7-14-11-6-4-3-5-9(10)11/h3-7,12-14H,8H2,1-2H3. The van der Waals surface area contributed by atoms with Crippen molar-refractivity contribution in [3.05, 3.63) is 36.0 Å². The Bertz CT molecular complexity index is 436. The highest BCUT2D eigenvalue weighted by molar-refractivity contribution is 5.83. The van der Waals surface area contributed by atoms with Crippen molar-refractivity contribution in [2.75, 3.05) is 20.8 Å². The lowest BCUT2D eigenvalue weighted by Gasteiger charge is -2.14. The lowest BCUT2D eigenvalue weighted by atomic mass is 10.1. The summed E-state index contributed by atoms with van der Waals surface area (Å²) in [5, 5.41) is 4.51. The summed E-state index contributed by atoms with van der Waals surface area (Å²) < 4.78 is 5.19. The van der Waals surface area contributed by atoms with Crippen molar-refractivity contribution in [1.82, 2.24) is 10.3 Å². The molecule has 2 aromatic rings. The number of likely N-dealkylation sites (N-methyl/N-ethyl adjacent to an activating group) is 1. The van der Waals surface area contributed by atoms with E-state index >= 15 is 0 Å². The average Bonchev–Trinajstić information content (AvgIpc) is 2.70. The van der Waals surface area contributed by atoms with Crippen molar-refractivity contribution in [3.8, 4) is 0 Å². The van der Waals surface area contributed by atoms with Gasteiger partial charge in [-0.15, -0.1) is 0 Å². The lowest BCUT2D eigenvalue weighted by molar-refractivity contribution is 0.171. The van der Waals surface area contributed by atoms with E-state index in [2.05, 4.69) is 28.5 Å². The Kier molecular flexibility index (Phi) is 3.04. The van der Waals surface area contributed by atoms with Crippen molar-refractivity contribution in [1.29, 1.82) is 0 Å². The number of ether oxygens (including phenoxy) is 1. The van der Waals surface area contributed by atoms with E-state index in [1.165, 1.54) is 16.5 Å². The fourth-order valence-electron chi connectivity index (χ4n) is 1.88. The first-order valence-electron chi connectivity index (χ1n) is 5.09. The molecule has 1 aromatic heterocycles. The number of methoxy groups -OCH3 is 1. The Morgan fingerprint density at radius 2 is 2.20 bits per heavy atom. The molecule has 1 unspecified atom stereocenters. The quantitative estimate of drug-likeness (QED) is 0.800. The van der Waals surface area contributed by atoms with E-state index in [-0.39, 0.29) is 6.04 Å². The minimum Gasteiger partial charge on any atom is -0.383 e. The van der Waals surface area contributed by atoms with Crippen LogP contribution in [0.3, 0.4) is 0 Å². The van der Waals surface area contributed by atoms with Crippen LogP contribution in [0.15, 0.2) is 30.5 Å². The summed E-state index contributed by atoms with van der Waals surface area (Å²) in [6, 6.07) is 8.54. The number of fused-ring (bicyclic) bond motifs is 1. The molecule has 15 heavy (non-hydrogen) atoms. The number of H-pyrrole nitrogens is 1. The predicted molar refractivity (Wildman–Crippen MR) is 62.0 cm³/mol. The summed E-state index contributed by atoms with van der Waals surface area (Å²) in [6.45, 7) is 0.679. The minimum absolute atomic E-state index is 0.242. The fourth-order valence-corrected chi connectivity index (χ4v) is 1.88. The highest BCUT2D eigenvalue weighted by Gasteiger charge is 2.12. The number of benzene rings is 1. The van der Waals surface area contributed by atoms with Crippen LogP contribution in [0.2, 0.25) is 0 Å². The molecule has 3 nitrogen and oxygen atoms in total. The number of para-hydroxylation sites is 1. The van der Waals surface area contributed by atoms with Crippen LogP contribution in [0.5, 0.6) is 0 Å². The second kappa shape index (κ2) is 4.47. The maximum absolute atomic E-state index is 5.19. The molecule has 0 aliphatic carbocycles. The molecule has 0 spiro atoms. The number of hydrogen-bond donors (Lipinski definition) is 2. The molecule has 0 aliphatic rings. The molecular weight excluding hydrogens is 188 g/mol. The van der Waals surface area contributed by atoms with Crippen molar-refractivity contribution >= 4 is 10.9 Å². The van der Waals surface area contributed by atoms with Crippen LogP contribution >= 0.6 is 0 Å². The Balaban J connectivity index is 2.41. The van der Waals surface area contributed by atoms with Gasteiger partial charge < -0.3 is 15.0 Å². The molecule has 0 aliphatic heterocycles. The van der Waals surface area contributed by atoms with Gasteiger partial charge >= 0.3 is 0 Å². The van der Waals surface area contributed by atoms with Crippen LogP contribution in [0, 0.1) is 0 Å². The van der Waals surface area contributed by atoms with E-state index in [0.29, 0.717) is 6.61 Å². The van der Waals surface area contributed by atoms with Crippen LogP contribution in [0.1, 0.15) is 11.6 Å². The van der Waals surface area contributed by atoms with Crippen LogP contribution < -0.4 is 5.32 Å². The largest absolute Gasteiger partial charge is 0.383 e. The SMILES string of the molecule is CNC(COC)c1c[nH]c2ccccc12. The summed E-state index contributed by atoms with van der Waals surface area (Å²) in [4.78, 5) is 3.27. The normalized spacial score (nSPS) is 13.2. The molecule has 2 rings (SSSR count). The average molecular weight is 204 g/mol. The van der Waals surface area contributed by atoms with E-state index in [4.69, 9.17) is 4.74 Å². The summed E-state index contributed by atoms with van der Waals surface area (Å²) in [7, 11) is 3.67. The molecule has 80 valence electrons. The zero-order chi connectivity index (χ0) is 10.7. The molecule has 1 atom stereocenters. The first kappa shape index (κ1) is 10.2. The van der Waals surface area contributed by atoms with E-state index in [9.17, 15) is 0 Å². The molecule has 0 fully saturated rings. The monoisotopic (exact) mass is 204 g/mol. The molecule has 1 heterocycles. The van der Waals surface area contributed by atoms with Crippen molar-refractivity contribution in [2.45, 2.75) is 6.04 Å². The van der Waals surface area contributed by atoms with Gasteiger partial charge in [-0.2, -0.15) is 0 Å². The van der Waals surface area contributed by atoms with E-state index in [0.717, 1.165) is 0 Å². The zero-order valence-electron chi connectivity index (χ0n) is 9.08. The van der Waals surface area contributed by atoms with Crippen LogP contribution in [-0.2, 0) is 4.74 Å². The van der Waals surface area contributed by atoms with Gasteiger partial charge in [0.05, 0.1) is 12.6 Å². The van der Waals surface area contributed by atoms with Gasteiger partial charge in [0.1, 0.15) is 0 Å². The molecule has 0 radical (unpaired) electrons. The molecule has 1 aromatic carbocycles. The van der Waals surface area contributed by atoms with Gasteiger partial charge in [0.2, 0.25) is 0 Å². The third kappa shape index (κ3) is 1.89. The second-order valence-electron chi connectivity index (χ2n) is 3.59. The Morgan fingerprint density at radius 1 is 1.40 bits per heavy atom. The maximum atomic E-state index is 5.19. The zero-order valence-corrected chi connectivity index (χ0v) is 9.08. The Labute approximate surface area is 89.4 Å². The van der Waals surface area contributed by atoms with E-state index < -0.39 is 0 Å². The lowest BCUT2D eigenvalue weighted by Crippen LogP contribution is -2.20. The third-order valence-electron chi connectivity index (χ3n) is 2.68. The van der Waals surface area contributed by atoms with E-state index in [1.54, 1.807) is 7.11 Å². The summed E-state index contributed by atoms with van der Waals surface area (Å²) in [5.74, 6) is 0. The smallest absolute Gasteiger partial charge is 0.0658 e. The predicted octanol–water partition coefficient (Wildman–Crippen LogP) is 2.07. The number of rotatable bonds is 4. The molecule has 0 saturated heterocycles. The van der Waals surface area contributed by atoms with Gasteiger partial charge in [-0.3, -0.25) is 0 Å². The third-order valence-corrected chi connectivity index (χ3v) is 2.68. The van der Waals surface area contributed by atoms with Gasteiger partial charge in [-0.05, 0) is 18.7 Å². The first-order valence-corrected chi connectivity index (χ1v) is 5.09. The van der Waals surface area contributed by atoms with E-state index in [1.807, 2.05) is 19.3 Å². The van der Waals surface area contributed by atoms with Gasteiger partial charge in [-0.1, -0.05) is 18.2 Å². The van der Waals surface area contributed by atoms with Crippen molar-refractivity contribution < 1.29 is 4.74 Å². The number of hydrogen-bond acceptors (Lipinski definition) is 2. The molecule has 0 bridgehead atoms. The topological polar surface area (TPSA) is 37.0 Å². The second-order valence-corrected chi connectivity index (χ2v) is 3.59. The first-order chi connectivity index (χ1) is 7.36.